The molecule has 21 heavy (non-hydrogen) atoms. The van der Waals surface area contributed by atoms with Crippen LogP contribution in [0.15, 0.2) is 24.3 Å². The van der Waals surface area contributed by atoms with Crippen molar-refractivity contribution in [2.45, 2.75) is 0 Å². The third-order valence-corrected chi connectivity index (χ3v) is 4.06. The van der Waals surface area contributed by atoms with Crippen molar-refractivity contribution >= 4 is 35.2 Å². The van der Waals surface area contributed by atoms with Crippen molar-refractivity contribution in [2.24, 2.45) is 0 Å². The summed E-state index contributed by atoms with van der Waals surface area (Å²) in [6, 6.07) is 5.32. The molecular formula is C15H18Cl2N2O2. The summed E-state index contributed by atoms with van der Waals surface area (Å²) < 4.78 is 5.27. The SMILES string of the molecule is O=C(/C=C/c1cccc(Cl)c1Cl)NCCN1CCOCC1. The molecule has 2 rings (SSSR count). The molecule has 1 saturated heterocycles. The van der Waals surface area contributed by atoms with Gasteiger partial charge in [0, 0.05) is 32.3 Å². The molecular weight excluding hydrogens is 311 g/mol. The van der Waals surface area contributed by atoms with Gasteiger partial charge in [-0.25, -0.2) is 0 Å². The predicted octanol–water partition coefficient (Wildman–Crippen LogP) is 2.46. The summed E-state index contributed by atoms with van der Waals surface area (Å²) in [5.41, 5.74) is 0.729. The Bertz CT molecular complexity index is 514. The molecule has 1 N–H and O–H groups in total. The number of carbonyl (C=O) groups is 1. The Morgan fingerprint density at radius 2 is 2.10 bits per heavy atom. The van der Waals surface area contributed by atoms with Crippen LogP contribution >= 0.6 is 23.2 Å². The minimum absolute atomic E-state index is 0.140. The first-order valence-electron chi connectivity index (χ1n) is 6.87. The molecule has 1 aromatic carbocycles. The third-order valence-electron chi connectivity index (χ3n) is 3.23. The van der Waals surface area contributed by atoms with E-state index in [4.69, 9.17) is 27.9 Å². The van der Waals surface area contributed by atoms with Gasteiger partial charge in [0.2, 0.25) is 5.91 Å². The lowest BCUT2D eigenvalue weighted by atomic mass is 10.2. The Morgan fingerprint density at radius 3 is 2.86 bits per heavy atom. The van der Waals surface area contributed by atoms with Gasteiger partial charge in [-0.15, -0.1) is 0 Å². The highest BCUT2D eigenvalue weighted by atomic mass is 35.5. The van der Waals surface area contributed by atoms with Crippen LogP contribution in [0.1, 0.15) is 5.56 Å². The third kappa shape index (κ3) is 5.32. The number of halogens is 2. The van der Waals surface area contributed by atoms with E-state index in [1.54, 1.807) is 18.2 Å². The topological polar surface area (TPSA) is 41.6 Å². The quantitative estimate of drug-likeness (QED) is 0.844. The van der Waals surface area contributed by atoms with Gasteiger partial charge in [-0.2, -0.15) is 0 Å². The number of ether oxygens (including phenoxy) is 1. The molecule has 114 valence electrons. The normalized spacial score (nSPS) is 16.3. The van der Waals surface area contributed by atoms with E-state index in [0.717, 1.165) is 38.4 Å². The Labute approximate surface area is 134 Å². The van der Waals surface area contributed by atoms with Crippen LogP contribution in [0, 0.1) is 0 Å². The van der Waals surface area contributed by atoms with Crippen molar-refractivity contribution in [1.82, 2.24) is 10.2 Å². The second-order valence-corrected chi connectivity index (χ2v) is 5.51. The maximum atomic E-state index is 11.7. The van der Waals surface area contributed by atoms with Crippen LogP contribution in [0.25, 0.3) is 6.08 Å². The van der Waals surface area contributed by atoms with Gasteiger partial charge in [0.15, 0.2) is 0 Å². The van der Waals surface area contributed by atoms with Gasteiger partial charge < -0.3 is 10.1 Å². The van der Waals surface area contributed by atoms with Gasteiger partial charge in [0.1, 0.15) is 0 Å². The van der Waals surface area contributed by atoms with Crippen LogP contribution in [0.2, 0.25) is 10.0 Å². The molecule has 0 aromatic heterocycles. The van der Waals surface area contributed by atoms with Gasteiger partial charge in [-0.1, -0.05) is 35.3 Å². The number of rotatable bonds is 5. The fourth-order valence-corrected chi connectivity index (χ4v) is 2.41. The lowest BCUT2D eigenvalue weighted by Crippen LogP contribution is -2.41. The monoisotopic (exact) mass is 328 g/mol. The van der Waals surface area contributed by atoms with Crippen LogP contribution in [0.4, 0.5) is 0 Å². The fourth-order valence-electron chi connectivity index (χ4n) is 2.04. The first-order valence-corrected chi connectivity index (χ1v) is 7.62. The smallest absolute Gasteiger partial charge is 0.244 e. The molecule has 0 spiro atoms. The number of hydrogen-bond donors (Lipinski definition) is 1. The number of carbonyl (C=O) groups excluding carboxylic acids is 1. The van der Waals surface area contributed by atoms with E-state index in [-0.39, 0.29) is 5.91 Å². The molecule has 6 heteroatoms. The molecule has 1 aliphatic heterocycles. The molecule has 1 aliphatic rings. The van der Waals surface area contributed by atoms with Crippen LogP contribution in [0.3, 0.4) is 0 Å². The number of morpholine rings is 1. The molecule has 0 radical (unpaired) electrons. The standard InChI is InChI=1S/C15H18Cl2N2O2/c16-13-3-1-2-12(15(13)17)4-5-14(20)18-6-7-19-8-10-21-11-9-19/h1-5H,6-11H2,(H,18,20)/b5-4+. The van der Waals surface area contributed by atoms with Crippen LogP contribution in [0.5, 0.6) is 0 Å². The first kappa shape index (κ1) is 16.3. The Morgan fingerprint density at radius 1 is 1.33 bits per heavy atom. The zero-order valence-corrected chi connectivity index (χ0v) is 13.2. The zero-order valence-electron chi connectivity index (χ0n) is 11.6. The second kappa shape index (κ2) is 8.39. The van der Waals surface area contributed by atoms with Crippen molar-refractivity contribution < 1.29 is 9.53 Å². The van der Waals surface area contributed by atoms with E-state index < -0.39 is 0 Å². The summed E-state index contributed by atoms with van der Waals surface area (Å²) >= 11 is 12.0. The molecule has 0 aliphatic carbocycles. The van der Waals surface area contributed by atoms with Crippen LogP contribution in [-0.4, -0.2) is 50.2 Å². The molecule has 1 amide bonds. The van der Waals surface area contributed by atoms with E-state index in [2.05, 4.69) is 10.2 Å². The highest BCUT2D eigenvalue weighted by Crippen LogP contribution is 2.26. The minimum atomic E-state index is -0.140. The van der Waals surface area contributed by atoms with E-state index >= 15 is 0 Å². The molecule has 1 aromatic rings. The highest BCUT2D eigenvalue weighted by Gasteiger charge is 2.09. The molecule has 4 nitrogen and oxygen atoms in total. The highest BCUT2D eigenvalue weighted by molar-refractivity contribution is 6.42. The Kier molecular flexibility index (Phi) is 6.51. The van der Waals surface area contributed by atoms with Gasteiger partial charge >= 0.3 is 0 Å². The van der Waals surface area contributed by atoms with E-state index in [1.165, 1.54) is 6.08 Å². The van der Waals surface area contributed by atoms with Gasteiger partial charge in [0.05, 0.1) is 23.3 Å². The summed E-state index contributed by atoms with van der Waals surface area (Å²) in [5.74, 6) is -0.140. The lowest BCUT2D eigenvalue weighted by molar-refractivity contribution is -0.116. The van der Waals surface area contributed by atoms with Crippen LogP contribution < -0.4 is 5.32 Å². The largest absolute Gasteiger partial charge is 0.379 e. The van der Waals surface area contributed by atoms with E-state index in [0.29, 0.717) is 16.6 Å². The summed E-state index contributed by atoms with van der Waals surface area (Å²) in [6.45, 7) is 4.82. The van der Waals surface area contributed by atoms with Crippen molar-refractivity contribution in [3.8, 4) is 0 Å². The van der Waals surface area contributed by atoms with Crippen molar-refractivity contribution in [3.05, 3.63) is 39.9 Å². The fraction of sp³-hybridized carbons (Fsp3) is 0.400. The van der Waals surface area contributed by atoms with Crippen molar-refractivity contribution in [3.63, 3.8) is 0 Å². The van der Waals surface area contributed by atoms with E-state index in [1.807, 2.05) is 6.07 Å². The van der Waals surface area contributed by atoms with Gasteiger partial charge in [-0.3, -0.25) is 9.69 Å². The summed E-state index contributed by atoms with van der Waals surface area (Å²) in [4.78, 5) is 14.0. The summed E-state index contributed by atoms with van der Waals surface area (Å²) in [7, 11) is 0. The molecule has 0 unspecified atom stereocenters. The molecule has 1 fully saturated rings. The molecule has 1 heterocycles. The summed E-state index contributed by atoms with van der Waals surface area (Å²) in [5, 5.41) is 3.78. The lowest BCUT2D eigenvalue weighted by Gasteiger charge is -2.26. The number of nitrogens with one attached hydrogen (secondary N) is 1. The predicted molar refractivity (Wildman–Crippen MR) is 85.8 cm³/mol. The zero-order chi connectivity index (χ0) is 15.1. The van der Waals surface area contributed by atoms with Gasteiger partial charge in [0.25, 0.3) is 0 Å². The number of benzene rings is 1. The maximum Gasteiger partial charge on any atom is 0.244 e. The average Bonchev–Trinajstić information content (AvgIpc) is 2.50. The Hall–Kier alpha value is -1.07. The summed E-state index contributed by atoms with van der Waals surface area (Å²) in [6.07, 6.45) is 3.13. The molecule has 0 bridgehead atoms. The van der Waals surface area contributed by atoms with Crippen molar-refractivity contribution in [1.29, 1.82) is 0 Å². The van der Waals surface area contributed by atoms with E-state index in [9.17, 15) is 4.79 Å². The maximum absolute atomic E-state index is 11.7. The van der Waals surface area contributed by atoms with Gasteiger partial charge in [-0.05, 0) is 17.7 Å². The molecule has 0 saturated carbocycles. The van der Waals surface area contributed by atoms with Crippen molar-refractivity contribution in [2.75, 3.05) is 39.4 Å². The second-order valence-electron chi connectivity index (χ2n) is 4.72. The first-order chi connectivity index (χ1) is 10.2. The average molecular weight is 329 g/mol. The number of hydrogen-bond acceptors (Lipinski definition) is 3. The molecule has 0 atom stereocenters. The Balaban J connectivity index is 1.76. The number of amides is 1. The van der Waals surface area contributed by atoms with Crippen LogP contribution in [-0.2, 0) is 9.53 Å². The number of nitrogens with zero attached hydrogens (tertiary/aromatic N) is 1. The minimum Gasteiger partial charge on any atom is -0.379 e.